The molecule has 0 aliphatic carbocycles. The van der Waals surface area contributed by atoms with E-state index in [0.29, 0.717) is 43.0 Å². The number of carbonyl (C=O) groups is 1. The lowest BCUT2D eigenvalue weighted by Crippen LogP contribution is -2.28. The molecule has 8 nitrogen and oxygen atoms in total. The molecule has 0 aromatic heterocycles. The van der Waals surface area contributed by atoms with E-state index >= 15 is 0 Å². The highest BCUT2D eigenvalue weighted by molar-refractivity contribution is 7.93. The van der Waals surface area contributed by atoms with E-state index in [2.05, 4.69) is 5.32 Å². The monoisotopic (exact) mass is 449 g/mol. The fraction of sp³-hybridized carbons (Fsp3) is 0.350. The molecular weight excluding hydrogens is 426 g/mol. The maximum Gasteiger partial charge on any atom is 0.255 e. The fourth-order valence-corrected chi connectivity index (χ4v) is 6.87. The van der Waals surface area contributed by atoms with E-state index < -0.39 is 26.0 Å². The third-order valence-corrected chi connectivity index (χ3v) is 9.05. The highest BCUT2D eigenvalue weighted by Gasteiger charge is 2.29. The number of anilines is 2. The van der Waals surface area contributed by atoms with Crippen molar-refractivity contribution in [2.75, 3.05) is 35.0 Å². The minimum Gasteiger partial charge on any atom is -0.322 e. The lowest BCUT2D eigenvalue weighted by Gasteiger charge is -2.18. The van der Waals surface area contributed by atoms with Crippen molar-refractivity contribution in [1.82, 2.24) is 4.31 Å². The molecule has 2 aliphatic rings. The summed E-state index contributed by atoms with van der Waals surface area (Å²) in [6.07, 6.45) is 2.24. The zero-order valence-electron chi connectivity index (χ0n) is 16.3. The van der Waals surface area contributed by atoms with Crippen molar-refractivity contribution in [3.05, 3.63) is 54.1 Å². The first kappa shape index (κ1) is 20.8. The molecule has 30 heavy (non-hydrogen) atoms. The number of carbonyl (C=O) groups excluding carboxylic acids is 1. The molecular formula is C20H23N3O5S2. The molecule has 10 heteroatoms. The minimum absolute atomic E-state index is 0.0989. The molecule has 2 saturated heterocycles. The van der Waals surface area contributed by atoms with Gasteiger partial charge in [0.25, 0.3) is 5.91 Å². The number of hydrogen-bond donors (Lipinski definition) is 1. The number of sulfonamides is 2. The summed E-state index contributed by atoms with van der Waals surface area (Å²) in [5.41, 5.74) is 1.10. The van der Waals surface area contributed by atoms with Crippen LogP contribution in [0.4, 0.5) is 11.4 Å². The Balaban J connectivity index is 1.54. The molecule has 0 bridgehead atoms. The standard InChI is InChI=1S/C20H23N3O5S2/c24-20(16-6-3-8-18(14-16)23-12-5-13-29(23,25)26)21-17-7-4-9-19(15-17)30(27,28)22-10-1-2-11-22/h3-4,6-9,14-15H,1-2,5,10-13H2,(H,21,24). The maximum atomic E-state index is 12.7. The summed E-state index contributed by atoms with van der Waals surface area (Å²) in [6.45, 7) is 1.40. The number of hydrogen-bond acceptors (Lipinski definition) is 5. The average Bonchev–Trinajstić information content (AvgIpc) is 3.38. The lowest BCUT2D eigenvalue weighted by atomic mass is 10.1. The first-order valence-corrected chi connectivity index (χ1v) is 12.8. The molecule has 2 heterocycles. The number of rotatable bonds is 5. The normalized spacial score (nSPS) is 19.1. The van der Waals surface area contributed by atoms with Crippen LogP contribution in [0.25, 0.3) is 0 Å². The second kappa shape index (κ2) is 8.01. The van der Waals surface area contributed by atoms with Gasteiger partial charge in [0.05, 0.1) is 16.3 Å². The van der Waals surface area contributed by atoms with Crippen LogP contribution in [0, 0.1) is 0 Å². The molecule has 2 aromatic rings. The predicted molar refractivity (Wildman–Crippen MR) is 115 cm³/mol. The van der Waals surface area contributed by atoms with Gasteiger partial charge in [-0.2, -0.15) is 4.31 Å². The van der Waals surface area contributed by atoms with Gasteiger partial charge in [-0.25, -0.2) is 16.8 Å². The molecule has 0 radical (unpaired) electrons. The number of amides is 1. The van der Waals surface area contributed by atoms with E-state index in [1.807, 2.05) is 0 Å². The van der Waals surface area contributed by atoms with Gasteiger partial charge in [-0.05, 0) is 55.7 Å². The average molecular weight is 450 g/mol. The van der Waals surface area contributed by atoms with Gasteiger partial charge in [0, 0.05) is 30.9 Å². The Bertz CT molecular complexity index is 1170. The van der Waals surface area contributed by atoms with Gasteiger partial charge >= 0.3 is 0 Å². The zero-order chi connectivity index (χ0) is 21.4. The van der Waals surface area contributed by atoms with Crippen molar-refractivity contribution in [2.45, 2.75) is 24.2 Å². The first-order valence-electron chi connectivity index (χ1n) is 9.79. The molecule has 2 aromatic carbocycles. The maximum absolute atomic E-state index is 12.7. The zero-order valence-corrected chi connectivity index (χ0v) is 18.0. The van der Waals surface area contributed by atoms with Crippen LogP contribution in [0.3, 0.4) is 0 Å². The third kappa shape index (κ3) is 4.07. The number of nitrogens with zero attached hydrogens (tertiary/aromatic N) is 2. The van der Waals surface area contributed by atoms with Crippen molar-refractivity contribution in [2.24, 2.45) is 0 Å². The van der Waals surface area contributed by atoms with Gasteiger partial charge in [0.1, 0.15) is 0 Å². The van der Waals surface area contributed by atoms with Gasteiger partial charge < -0.3 is 5.32 Å². The van der Waals surface area contributed by atoms with Crippen LogP contribution in [0.15, 0.2) is 53.4 Å². The Kier molecular flexibility index (Phi) is 5.56. The van der Waals surface area contributed by atoms with Crippen LogP contribution in [0.1, 0.15) is 29.6 Å². The number of nitrogens with one attached hydrogen (secondary N) is 1. The molecule has 1 amide bonds. The molecule has 4 rings (SSSR count). The minimum atomic E-state index is -3.58. The summed E-state index contributed by atoms with van der Waals surface area (Å²) >= 11 is 0. The van der Waals surface area contributed by atoms with Crippen LogP contribution >= 0.6 is 0 Å². The summed E-state index contributed by atoms with van der Waals surface area (Å²) in [5, 5.41) is 2.71. The highest BCUT2D eigenvalue weighted by Crippen LogP contribution is 2.26. The van der Waals surface area contributed by atoms with E-state index in [0.717, 1.165) is 12.8 Å². The van der Waals surface area contributed by atoms with Crippen molar-refractivity contribution in [3.63, 3.8) is 0 Å². The Morgan fingerprint density at radius 3 is 2.37 bits per heavy atom. The van der Waals surface area contributed by atoms with Crippen molar-refractivity contribution < 1.29 is 21.6 Å². The van der Waals surface area contributed by atoms with E-state index in [9.17, 15) is 21.6 Å². The number of benzene rings is 2. The molecule has 1 N–H and O–H groups in total. The Morgan fingerprint density at radius 2 is 1.67 bits per heavy atom. The molecule has 0 unspecified atom stereocenters. The first-order chi connectivity index (χ1) is 14.3. The van der Waals surface area contributed by atoms with E-state index in [1.165, 1.54) is 26.8 Å². The fourth-order valence-electron chi connectivity index (χ4n) is 3.75. The summed E-state index contributed by atoms with van der Waals surface area (Å²) in [4.78, 5) is 12.9. The largest absolute Gasteiger partial charge is 0.322 e. The second-order valence-corrected chi connectivity index (χ2v) is 11.3. The Labute approximate surface area is 176 Å². The predicted octanol–water partition coefficient (Wildman–Crippen LogP) is 2.26. The van der Waals surface area contributed by atoms with Crippen molar-refractivity contribution in [1.29, 1.82) is 0 Å². The summed E-state index contributed by atoms with van der Waals surface area (Å²) in [6, 6.07) is 12.6. The van der Waals surface area contributed by atoms with Crippen LogP contribution in [-0.4, -0.2) is 52.4 Å². The van der Waals surface area contributed by atoms with Crippen molar-refractivity contribution >= 4 is 37.3 Å². The third-order valence-electron chi connectivity index (χ3n) is 5.29. The van der Waals surface area contributed by atoms with Gasteiger partial charge in [0.2, 0.25) is 20.0 Å². The molecule has 2 fully saturated rings. The van der Waals surface area contributed by atoms with Crippen LogP contribution < -0.4 is 9.62 Å². The van der Waals surface area contributed by atoms with E-state index in [1.54, 1.807) is 30.3 Å². The Hall–Kier alpha value is -2.43. The SMILES string of the molecule is O=C(Nc1cccc(S(=O)(=O)N2CCCC2)c1)c1cccc(N2CCCS2(=O)=O)c1. The van der Waals surface area contributed by atoms with E-state index in [4.69, 9.17) is 0 Å². The summed E-state index contributed by atoms with van der Waals surface area (Å²) in [7, 11) is -6.93. The van der Waals surface area contributed by atoms with Gasteiger partial charge in [-0.15, -0.1) is 0 Å². The molecule has 0 saturated carbocycles. The van der Waals surface area contributed by atoms with E-state index in [-0.39, 0.29) is 10.6 Å². The van der Waals surface area contributed by atoms with Crippen molar-refractivity contribution in [3.8, 4) is 0 Å². The van der Waals surface area contributed by atoms with Crippen LogP contribution in [0.5, 0.6) is 0 Å². The molecule has 2 aliphatic heterocycles. The van der Waals surface area contributed by atoms with Crippen LogP contribution in [-0.2, 0) is 20.0 Å². The second-order valence-electron chi connectivity index (χ2n) is 7.39. The topological polar surface area (TPSA) is 104 Å². The van der Waals surface area contributed by atoms with Crippen LogP contribution in [0.2, 0.25) is 0 Å². The van der Waals surface area contributed by atoms with Gasteiger partial charge in [0.15, 0.2) is 0 Å². The van der Waals surface area contributed by atoms with Gasteiger partial charge in [-0.3, -0.25) is 9.10 Å². The quantitative estimate of drug-likeness (QED) is 0.754. The lowest BCUT2D eigenvalue weighted by molar-refractivity contribution is 0.102. The summed E-state index contributed by atoms with van der Waals surface area (Å²) in [5.74, 6) is -0.342. The smallest absolute Gasteiger partial charge is 0.255 e. The summed E-state index contributed by atoms with van der Waals surface area (Å²) < 4.78 is 52.5. The molecule has 0 spiro atoms. The molecule has 0 atom stereocenters. The van der Waals surface area contributed by atoms with Gasteiger partial charge in [-0.1, -0.05) is 12.1 Å². The molecule has 160 valence electrons. The highest BCUT2D eigenvalue weighted by atomic mass is 32.2. The Morgan fingerprint density at radius 1 is 0.933 bits per heavy atom.